The highest BCUT2D eigenvalue weighted by Crippen LogP contribution is 2.32. The topological polar surface area (TPSA) is 79.9 Å². The number of esters is 1. The quantitative estimate of drug-likeness (QED) is 0.297. The largest absolute Gasteiger partial charge is 0.460 e. The molecule has 1 amide bonds. The number of rotatable bonds is 8. The van der Waals surface area contributed by atoms with E-state index < -0.39 is 29.7 Å². The predicted molar refractivity (Wildman–Crippen MR) is 132 cm³/mol. The van der Waals surface area contributed by atoms with Gasteiger partial charge in [0.25, 0.3) is 5.91 Å². The van der Waals surface area contributed by atoms with Gasteiger partial charge in [-0.1, -0.05) is 18.2 Å². The number of hydrogen-bond acceptors (Lipinski definition) is 5. The van der Waals surface area contributed by atoms with Crippen LogP contribution in [0.3, 0.4) is 0 Å². The molecule has 0 fully saturated rings. The van der Waals surface area contributed by atoms with Crippen molar-refractivity contribution >= 4 is 34.9 Å². The van der Waals surface area contributed by atoms with Gasteiger partial charge in [-0.3, -0.25) is 4.79 Å². The highest BCUT2D eigenvalue weighted by Gasteiger charge is 2.34. The van der Waals surface area contributed by atoms with Crippen LogP contribution in [0.1, 0.15) is 41.4 Å². The van der Waals surface area contributed by atoms with Crippen molar-refractivity contribution in [1.29, 1.82) is 0 Å². The van der Waals surface area contributed by atoms with Gasteiger partial charge in [-0.15, -0.1) is 0 Å². The highest BCUT2D eigenvalue weighted by molar-refractivity contribution is 7.80. The average molecular weight is 522 g/mol. The SMILES string of the molecule is CCN1C(=S)N[C@H](c2ccc(NC(=O)c3cccc(C(F)(F)F)c3)cc2)C(C(=O)OCCOC)=C1C. The zero-order valence-corrected chi connectivity index (χ0v) is 20.8. The Kier molecular flexibility index (Phi) is 8.70. The molecule has 7 nitrogen and oxygen atoms in total. The van der Waals surface area contributed by atoms with E-state index in [1.54, 1.807) is 36.1 Å². The number of allylic oxidation sites excluding steroid dienone is 1. The second-order valence-corrected chi connectivity index (χ2v) is 8.30. The van der Waals surface area contributed by atoms with Crippen LogP contribution in [0.25, 0.3) is 0 Å². The average Bonchev–Trinajstić information content (AvgIpc) is 2.84. The lowest BCUT2D eigenvalue weighted by molar-refractivity contribution is -0.141. The van der Waals surface area contributed by atoms with Crippen molar-refractivity contribution in [3.63, 3.8) is 0 Å². The van der Waals surface area contributed by atoms with Crippen LogP contribution in [-0.4, -0.2) is 48.8 Å². The maximum absolute atomic E-state index is 13.0. The first-order valence-corrected chi connectivity index (χ1v) is 11.5. The molecule has 192 valence electrons. The second-order valence-electron chi connectivity index (χ2n) is 7.91. The summed E-state index contributed by atoms with van der Waals surface area (Å²) in [5.74, 6) is -1.19. The maximum Gasteiger partial charge on any atom is 0.416 e. The van der Waals surface area contributed by atoms with Crippen molar-refractivity contribution in [3.8, 4) is 0 Å². The fourth-order valence-corrected chi connectivity index (χ4v) is 4.15. The number of nitrogens with one attached hydrogen (secondary N) is 2. The monoisotopic (exact) mass is 521 g/mol. The van der Waals surface area contributed by atoms with E-state index in [9.17, 15) is 22.8 Å². The lowest BCUT2D eigenvalue weighted by atomic mass is 9.95. The molecule has 2 aromatic carbocycles. The molecule has 1 aliphatic heterocycles. The van der Waals surface area contributed by atoms with Crippen molar-refractivity contribution in [2.24, 2.45) is 0 Å². The minimum Gasteiger partial charge on any atom is -0.460 e. The van der Waals surface area contributed by atoms with Gasteiger partial charge >= 0.3 is 12.1 Å². The lowest BCUT2D eigenvalue weighted by Crippen LogP contribution is -2.47. The third kappa shape index (κ3) is 6.21. The van der Waals surface area contributed by atoms with Gasteiger partial charge in [-0.05, 0) is 62.0 Å². The summed E-state index contributed by atoms with van der Waals surface area (Å²) in [5.41, 5.74) is 1.09. The van der Waals surface area contributed by atoms with Gasteiger partial charge < -0.3 is 25.0 Å². The first-order chi connectivity index (χ1) is 17.1. The Morgan fingerprint density at radius 2 is 1.83 bits per heavy atom. The van der Waals surface area contributed by atoms with E-state index in [0.29, 0.717) is 34.2 Å². The van der Waals surface area contributed by atoms with Crippen LogP contribution in [0.4, 0.5) is 18.9 Å². The van der Waals surface area contributed by atoms with Gasteiger partial charge in [0, 0.05) is 30.6 Å². The van der Waals surface area contributed by atoms with Crippen molar-refractivity contribution in [2.45, 2.75) is 26.1 Å². The number of nitrogens with zero attached hydrogens (tertiary/aromatic N) is 1. The van der Waals surface area contributed by atoms with E-state index in [4.69, 9.17) is 21.7 Å². The first-order valence-electron chi connectivity index (χ1n) is 11.1. The number of carbonyl (C=O) groups is 2. The Hall–Kier alpha value is -3.44. The van der Waals surface area contributed by atoms with Crippen LogP contribution < -0.4 is 10.6 Å². The molecule has 2 aromatic rings. The van der Waals surface area contributed by atoms with E-state index in [1.165, 1.54) is 19.2 Å². The Bertz CT molecular complexity index is 1170. The lowest BCUT2D eigenvalue weighted by Gasteiger charge is -2.37. The van der Waals surface area contributed by atoms with Crippen LogP contribution >= 0.6 is 12.2 Å². The molecule has 2 N–H and O–H groups in total. The van der Waals surface area contributed by atoms with E-state index in [0.717, 1.165) is 12.1 Å². The Morgan fingerprint density at radius 1 is 1.14 bits per heavy atom. The van der Waals surface area contributed by atoms with Gasteiger partial charge in [-0.25, -0.2) is 4.79 Å². The minimum atomic E-state index is -4.55. The van der Waals surface area contributed by atoms with E-state index in [2.05, 4.69) is 10.6 Å². The van der Waals surface area contributed by atoms with Crippen molar-refractivity contribution in [2.75, 3.05) is 32.2 Å². The normalized spacial score (nSPS) is 16.0. The minimum absolute atomic E-state index is 0.0932. The number of halogens is 3. The number of methoxy groups -OCH3 is 1. The van der Waals surface area contributed by atoms with Gasteiger partial charge in [0.15, 0.2) is 5.11 Å². The molecule has 3 rings (SSSR count). The van der Waals surface area contributed by atoms with E-state index in [1.807, 2.05) is 6.92 Å². The number of benzene rings is 2. The molecular formula is C25H26F3N3O4S. The molecule has 0 bridgehead atoms. The maximum atomic E-state index is 13.0. The summed E-state index contributed by atoms with van der Waals surface area (Å²) in [6, 6.07) is 10.2. The number of thiocarbonyl (C=S) groups is 1. The van der Waals surface area contributed by atoms with Crippen molar-refractivity contribution < 1.29 is 32.2 Å². The van der Waals surface area contributed by atoms with Crippen LogP contribution in [0.2, 0.25) is 0 Å². The zero-order valence-electron chi connectivity index (χ0n) is 19.9. The summed E-state index contributed by atoms with van der Waals surface area (Å²) in [5, 5.41) is 6.21. The molecule has 0 radical (unpaired) electrons. The van der Waals surface area contributed by atoms with Gasteiger partial charge in [0.05, 0.1) is 23.8 Å². The molecule has 36 heavy (non-hydrogen) atoms. The van der Waals surface area contributed by atoms with Gasteiger partial charge in [0.2, 0.25) is 0 Å². The molecule has 1 heterocycles. The fourth-order valence-electron chi connectivity index (χ4n) is 3.77. The molecule has 0 unspecified atom stereocenters. The Labute approximate surface area is 212 Å². The molecule has 0 spiro atoms. The molecule has 0 saturated heterocycles. The van der Waals surface area contributed by atoms with Crippen LogP contribution in [-0.2, 0) is 20.4 Å². The van der Waals surface area contributed by atoms with Gasteiger partial charge in [-0.2, -0.15) is 13.2 Å². The zero-order chi connectivity index (χ0) is 26.5. The number of carbonyl (C=O) groups excluding carboxylic acids is 2. The molecule has 1 atom stereocenters. The molecule has 1 aliphatic rings. The number of hydrogen-bond donors (Lipinski definition) is 2. The molecule has 0 aromatic heterocycles. The Balaban J connectivity index is 1.82. The highest BCUT2D eigenvalue weighted by atomic mass is 32.1. The molecule has 0 aliphatic carbocycles. The van der Waals surface area contributed by atoms with Crippen molar-refractivity contribution in [1.82, 2.24) is 10.2 Å². The molecular weight excluding hydrogens is 495 g/mol. The summed E-state index contributed by atoms with van der Waals surface area (Å²) < 4.78 is 49.2. The fraction of sp³-hybridized carbons (Fsp3) is 0.320. The molecule has 11 heteroatoms. The summed E-state index contributed by atoms with van der Waals surface area (Å²) >= 11 is 5.47. The number of amides is 1. The summed E-state index contributed by atoms with van der Waals surface area (Å²) in [4.78, 5) is 27.2. The smallest absolute Gasteiger partial charge is 0.416 e. The summed E-state index contributed by atoms with van der Waals surface area (Å²) in [6.45, 7) is 4.61. The Morgan fingerprint density at radius 3 is 2.44 bits per heavy atom. The molecule has 0 saturated carbocycles. The summed E-state index contributed by atoms with van der Waals surface area (Å²) in [6.07, 6.45) is -4.55. The van der Waals surface area contributed by atoms with Crippen LogP contribution in [0, 0.1) is 0 Å². The third-order valence-corrected chi connectivity index (χ3v) is 5.95. The second kappa shape index (κ2) is 11.5. The first kappa shape index (κ1) is 27.2. The van der Waals surface area contributed by atoms with Crippen molar-refractivity contribution in [3.05, 3.63) is 76.5 Å². The third-order valence-electron chi connectivity index (χ3n) is 5.61. The van der Waals surface area contributed by atoms with Crippen LogP contribution in [0.5, 0.6) is 0 Å². The van der Waals surface area contributed by atoms with E-state index in [-0.39, 0.29) is 18.8 Å². The number of alkyl halides is 3. The van der Waals surface area contributed by atoms with Crippen LogP contribution in [0.15, 0.2) is 59.8 Å². The van der Waals surface area contributed by atoms with E-state index >= 15 is 0 Å². The number of anilines is 1. The number of ether oxygens (including phenoxy) is 2. The van der Waals surface area contributed by atoms with Gasteiger partial charge in [0.1, 0.15) is 6.61 Å². The summed E-state index contributed by atoms with van der Waals surface area (Å²) in [7, 11) is 1.51. The predicted octanol–water partition coefficient (Wildman–Crippen LogP) is 4.67. The standard InChI is InChI=1S/C25H26F3N3O4S/c1-4-31-15(2)20(23(33)35-13-12-34-3)21(30-24(31)36)16-8-10-19(11-9-16)29-22(32)17-6-5-7-18(14-17)25(26,27)28/h5-11,14,21H,4,12-13H2,1-3H3,(H,29,32)(H,30,36)/t21-/m1/s1.